The Morgan fingerprint density at radius 2 is 0.745 bits per heavy atom. The lowest BCUT2D eigenvalue weighted by Crippen LogP contribution is -2.28. The minimum absolute atomic E-state index is 0.259. The van der Waals surface area contributed by atoms with E-state index >= 15 is 0 Å². The fourth-order valence-corrected chi connectivity index (χ4v) is 7.85. The molecule has 0 fully saturated rings. The highest BCUT2D eigenvalue weighted by Gasteiger charge is 2.48. The minimum Gasteiger partial charge on any atom is -0.508 e. The number of rotatable bonds is 4. The van der Waals surface area contributed by atoms with Gasteiger partial charge in [-0.25, -0.2) is 0 Å². The van der Waals surface area contributed by atoms with Gasteiger partial charge in [0.15, 0.2) is 0 Å². The Kier molecular flexibility index (Phi) is 6.06. The van der Waals surface area contributed by atoms with Gasteiger partial charge in [-0.15, -0.1) is 0 Å². The molecule has 0 saturated carbocycles. The Labute approximate surface area is 273 Å². The average molecular weight is 603 g/mol. The number of phenolic OH excluding ortho intramolecular Hbond substituents is 2. The molecule has 0 aliphatic heterocycles. The third kappa shape index (κ3) is 4.12. The standard InChI is InChI=1S/C45H30O2/c46-37-23-19-31-25-35(21-17-33(31)27-37)45(36-22-18-34-28-38(47)24-20-32(34)26-36)41-15-7-13-39(29-9-3-1-4-10-29)43(41)44-40(14-8-16-42(44)45)30-11-5-2-6-12-30/h1-28,46-47H. The van der Waals surface area contributed by atoms with Gasteiger partial charge in [0.1, 0.15) is 11.5 Å². The predicted octanol–water partition coefficient (Wildman–Crippen LogP) is 11.1. The molecule has 0 atom stereocenters. The third-order valence-electron chi connectivity index (χ3n) is 9.87. The maximum absolute atomic E-state index is 10.3. The van der Waals surface area contributed by atoms with Crippen LogP contribution in [-0.4, -0.2) is 10.2 Å². The molecule has 9 rings (SSSR count). The van der Waals surface area contributed by atoms with Crippen LogP contribution in [0, 0.1) is 0 Å². The first-order valence-corrected chi connectivity index (χ1v) is 16.0. The lowest BCUT2D eigenvalue weighted by Gasteiger charge is -2.34. The predicted molar refractivity (Wildman–Crippen MR) is 193 cm³/mol. The van der Waals surface area contributed by atoms with Gasteiger partial charge in [-0.2, -0.15) is 0 Å². The second-order valence-electron chi connectivity index (χ2n) is 12.4. The van der Waals surface area contributed by atoms with Crippen molar-refractivity contribution in [3.8, 4) is 44.9 Å². The Balaban J connectivity index is 1.47. The van der Waals surface area contributed by atoms with Crippen LogP contribution >= 0.6 is 0 Å². The van der Waals surface area contributed by atoms with Gasteiger partial charge in [-0.3, -0.25) is 0 Å². The zero-order chi connectivity index (χ0) is 31.5. The van der Waals surface area contributed by atoms with E-state index < -0.39 is 5.41 Å². The normalized spacial score (nSPS) is 13.0. The van der Waals surface area contributed by atoms with Crippen LogP contribution in [0.1, 0.15) is 22.3 Å². The highest BCUT2D eigenvalue weighted by atomic mass is 16.3. The molecule has 2 nitrogen and oxygen atoms in total. The van der Waals surface area contributed by atoms with Crippen molar-refractivity contribution in [2.45, 2.75) is 5.41 Å². The largest absolute Gasteiger partial charge is 0.508 e. The van der Waals surface area contributed by atoms with E-state index in [1.807, 2.05) is 24.3 Å². The van der Waals surface area contributed by atoms with E-state index in [-0.39, 0.29) is 11.5 Å². The lowest BCUT2D eigenvalue weighted by molar-refractivity contribution is 0.475. The average Bonchev–Trinajstić information content (AvgIpc) is 3.43. The summed E-state index contributed by atoms with van der Waals surface area (Å²) in [5.74, 6) is 0.517. The van der Waals surface area contributed by atoms with Crippen LogP contribution < -0.4 is 0 Å². The first-order valence-electron chi connectivity index (χ1n) is 16.0. The van der Waals surface area contributed by atoms with Crippen LogP contribution in [-0.2, 0) is 5.41 Å². The molecule has 47 heavy (non-hydrogen) atoms. The molecular weight excluding hydrogens is 572 g/mol. The van der Waals surface area contributed by atoms with E-state index in [0.29, 0.717) is 0 Å². The van der Waals surface area contributed by atoms with Crippen LogP contribution in [0.3, 0.4) is 0 Å². The number of fused-ring (bicyclic) bond motifs is 5. The third-order valence-corrected chi connectivity index (χ3v) is 9.87. The zero-order valence-electron chi connectivity index (χ0n) is 25.6. The highest BCUT2D eigenvalue weighted by Crippen LogP contribution is 2.60. The quantitative estimate of drug-likeness (QED) is 0.210. The van der Waals surface area contributed by atoms with E-state index in [2.05, 4.69) is 133 Å². The van der Waals surface area contributed by atoms with Crippen LogP contribution in [0.15, 0.2) is 170 Å². The van der Waals surface area contributed by atoms with E-state index in [1.54, 1.807) is 12.1 Å². The molecule has 222 valence electrons. The van der Waals surface area contributed by atoms with Crippen LogP contribution in [0.4, 0.5) is 0 Å². The Morgan fingerprint density at radius 1 is 0.340 bits per heavy atom. The van der Waals surface area contributed by atoms with Crippen molar-refractivity contribution in [2.24, 2.45) is 0 Å². The van der Waals surface area contributed by atoms with E-state index in [9.17, 15) is 10.2 Å². The molecule has 0 unspecified atom stereocenters. The van der Waals surface area contributed by atoms with Gasteiger partial charge in [-0.05, 0) is 114 Å². The summed E-state index contributed by atoms with van der Waals surface area (Å²) < 4.78 is 0. The number of benzene rings is 8. The molecule has 8 aromatic carbocycles. The summed E-state index contributed by atoms with van der Waals surface area (Å²) in [5.41, 5.74) is 11.4. The summed E-state index contributed by atoms with van der Waals surface area (Å²) in [6, 6.07) is 59.4. The van der Waals surface area contributed by atoms with Crippen molar-refractivity contribution < 1.29 is 10.2 Å². The van der Waals surface area contributed by atoms with Gasteiger partial charge in [0, 0.05) is 0 Å². The van der Waals surface area contributed by atoms with Crippen molar-refractivity contribution in [1.29, 1.82) is 0 Å². The minimum atomic E-state index is -0.654. The first-order chi connectivity index (χ1) is 23.1. The fraction of sp³-hybridized carbons (Fsp3) is 0.0222. The summed E-state index contributed by atoms with van der Waals surface area (Å²) in [4.78, 5) is 0. The number of hydrogen-bond acceptors (Lipinski definition) is 2. The number of hydrogen-bond donors (Lipinski definition) is 2. The highest BCUT2D eigenvalue weighted by molar-refractivity contribution is 6.02. The summed E-state index contributed by atoms with van der Waals surface area (Å²) in [7, 11) is 0. The van der Waals surface area contributed by atoms with E-state index in [0.717, 1.165) is 32.7 Å². The molecule has 0 amide bonds. The van der Waals surface area contributed by atoms with Gasteiger partial charge in [0.2, 0.25) is 0 Å². The molecule has 0 bridgehead atoms. The van der Waals surface area contributed by atoms with Crippen LogP contribution in [0.2, 0.25) is 0 Å². The topological polar surface area (TPSA) is 40.5 Å². The van der Waals surface area contributed by atoms with Gasteiger partial charge >= 0.3 is 0 Å². The van der Waals surface area contributed by atoms with Gasteiger partial charge in [-0.1, -0.05) is 133 Å². The van der Waals surface area contributed by atoms with Gasteiger partial charge in [0.25, 0.3) is 0 Å². The van der Waals surface area contributed by atoms with E-state index in [1.165, 1.54) is 44.5 Å². The number of aromatic hydroxyl groups is 2. The monoisotopic (exact) mass is 602 g/mol. The lowest BCUT2D eigenvalue weighted by atomic mass is 9.67. The first kappa shape index (κ1) is 27.2. The molecule has 1 aliphatic rings. The summed E-state index contributed by atoms with van der Waals surface area (Å²) in [5, 5.41) is 24.7. The fourth-order valence-electron chi connectivity index (χ4n) is 7.85. The smallest absolute Gasteiger partial charge is 0.116 e. The van der Waals surface area contributed by atoms with Crippen molar-refractivity contribution in [2.75, 3.05) is 0 Å². The molecule has 8 aromatic rings. The van der Waals surface area contributed by atoms with Crippen molar-refractivity contribution in [3.63, 3.8) is 0 Å². The molecular formula is C45H30O2. The second kappa shape index (κ2) is 10.5. The molecule has 2 heteroatoms. The van der Waals surface area contributed by atoms with Crippen molar-refractivity contribution in [1.82, 2.24) is 0 Å². The summed E-state index contributed by atoms with van der Waals surface area (Å²) in [6.45, 7) is 0. The Hall–Kier alpha value is -6.12. The van der Waals surface area contributed by atoms with Crippen molar-refractivity contribution in [3.05, 3.63) is 192 Å². The maximum atomic E-state index is 10.3. The molecule has 0 aromatic heterocycles. The zero-order valence-corrected chi connectivity index (χ0v) is 25.6. The maximum Gasteiger partial charge on any atom is 0.116 e. The van der Waals surface area contributed by atoms with Gasteiger partial charge in [0.05, 0.1) is 5.41 Å². The molecule has 0 saturated heterocycles. The Bertz CT molecular complexity index is 2300. The second-order valence-corrected chi connectivity index (χ2v) is 12.4. The molecule has 0 heterocycles. The summed E-state index contributed by atoms with van der Waals surface area (Å²) in [6.07, 6.45) is 0. The van der Waals surface area contributed by atoms with Crippen LogP contribution in [0.25, 0.3) is 54.9 Å². The molecule has 2 N–H and O–H groups in total. The summed E-state index contributed by atoms with van der Waals surface area (Å²) >= 11 is 0. The van der Waals surface area contributed by atoms with Crippen molar-refractivity contribution >= 4 is 21.5 Å². The molecule has 1 aliphatic carbocycles. The van der Waals surface area contributed by atoms with Crippen LogP contribution in [0.5, 0.6) is 11.5 Å². The molecule has 0 spiro atoms. The van der Waals surface area contributed by atoms with Gasteiger partial charge < -0.3 is 10.2 Å². The molecule has 0 radical (unpaired) electrons. The number of phenols is 2. The van der Waals surface area contributed by atoms with E-state index in [4.69, 9.17) is 0 Å². The Morgan fingerprint density at radius 3 is 1.19 bits per heavy atom. The SMILES string of the molecule is Oc1ccc2cc(C3(c4ccc5cc(O)ccc5c4)c4cccc(-c5ccccc5)c4-c4c(-c5ccccc5)cccc43)ccc2c1.